The van der Waals surface area contributed by atoms with Crippen LogP contribution >= 0.6 is 7.60 Å². The van der Waals surface area contributed by atoms with Crippen LogP contribution in [0.1, 0.15) is 37.7 Å². The molecule has 0 saturated carbocycles. The van der Waals surface area contributed by atoms with Gasteiger partial charge in [-0.2, -0.15) is 0 Å². The number of nitrogens with zero attached hydrogens (tertiary/aromatic N) is 6. The maximum atomic E-state index is 11.6. The summed E-state index contributed by atoms with van der Waals surface area (Å²) in [6.07, 6.45) is 10.8. The van der Waals surface area contributed by atoms with Gasteiger partial charge in [-0.05, 0) is 60.7 Å². The Balaban J connectivity index is 0.000000220. The number of aromatic nitrogens is 5. The van der Waals surface area contributed by atoms with Gasteiger partial charge < -0.3 is 15.1 Å². The van der Waals surface area contributed by atoms with Gasteiger partial charge in [-0.15, -0.1) is 5.70 Å². The molecule has 0 bridgehead atoms. The van der Waals surface area contributed by atoms with Crippen molar-refractivity contribution in [2.24, 2.45) is 0 Å². The summed E-state index contributed by atoms with van der Waals surface area (Å²) in [7, 11) is -4.39. The Morgan fingerprint density at radius 3 is 1.55 bits per heavy atom. The van der Waals surface area contributed by atoms with Crippen LogP contribution in [0.3, 0.4) is 0 Å². The molecule has 44 heavy (non-hydrogen) atoms. The van der Waals surface area contributed by atoms with Crippen LogP contribution in [-0.2, 0) is 24.0 Å². The molecular weight excluding hydrogens is 660 g/mol. The monoisotopic (exact) mass is 693 g/mol. The summed E-state index contributed by atoms with van der Waals surface area (Å²) in [6.45, 7) is 4.25. The van der Waals surface area contributed by atoms with Gasteiger partial charge in [0.05, 0.1) is 28.1 Å². The quantitative estimate of drug-likeness (QED) is 0.142. The molecule has 6 rings (SSSR count). The van der Waals surface area contributed by atoms with Gasteiger partial charge in [0.25, 0.3) is 0 Å². The molecule has 0 fully saturated rings. The van der Waals surface area contributed by atoms with E-state index in [1.165, 1.54) is 18.6 Å². The molecule has 5 aromatic rings. The van der Waals surface area contributed by atoms with Gasteiger partial charge >= 0.3 is 27.1 Å². The third kappa shape index (κ3) is 9.93. The van der Waals surface area contributed by atoms with Crippen LogP contribution in [0.25, 0.3) is 33.8 Å². The molecule has 1 radical (unpaired) electrons. The summed E-state index contributed by atoms with van der Waals surface area (Å²) in [4.78, 5) is 40.6. The SMILES string of the molecule is CCC.O=P(O)(O)C1=CC(c2ccccn2)[N-]C(c2ccccn2)=C1.[Ru+].c1ccc(-c2cccc(-c3ccccn3)n2)nc1. The van der Waals surface area contributed by atoms with Gasteiger partial charge in [0, 0.05) is 36.2 Å². The van der Waals surface area contributed by atoms with Crippen LogP contribution in [0.2, 0.25) is 0 Å². The number of rotatable bonds is 5. The topological polar surface area (TPSA) is 136 Å². The zero-order chi connectivity index (χ0) is 30.5. The van der Waals surface area contributed by atoms with E-state index in [9.17, 15) is 14.4 Å². The van der Waals surface area contributed by atoms with Crippen LogP contribution < -0.4 is 0 Å². The van der Waals surface area contributed by atoms with Crippen molar-refractivity contribution in [3.63, 3.8) is 0 Å². The van der Waals surface area contributed by atoms with Gasteiger partial charge in [-0.3, -0.25) is 24.5 Å². The Bertz CT molecular complexity index is 1630. The number of allylic oxidation sites excluding steroid dienone is 2. The van der Waals surface area contributed by atoms with E-state index in [1.807, 2.05) is 60.7 Å². The van der Waals surface area contributed by atoms with E-state index in [0.29, 0.717) is 17.1 Å². The van der Waals surface area contributed by atoms with Crippen LogP contribution in [0.4, 0.5) is 0 Å². The zero-order valence-corrected chi connectivity index (χ0v) is 26.8. The standard InChI is InChI=1S/C15H13N3O3P.C15H11N3.C3H8.Ru/c19-22(20,21)11-9-14(12-5-1-3-7-16-12)18-15(10-11)13-6-2-4-8-17-13;1-3-10-16-12(6-1)14-8-5-9-15(18-14)13-7-2-4-11-17-13;1-3-2;/h1-10,14H,(H2,19,20,21);1-11H;3H2,1-2H3;/q-1;;;+1. The molecular formula is C33H32N6O3PRu. The molecule has 11 heteroatoms. The number of hydrogen-bond acceptors (Lipinski definition) is 6. The average molecular weight is 693 g/mol. The first kappa shape index (κ1) is 34.3. The molecule has 1 aliphatic heterocycles. The second kappa shape index (κ2) is 17.2. The molecule has 225 valence electrons. The van der Waals surface area contributed by atoms with Crippen LogP contribution in [-0.4, -0.2) is 34.7 Å². The summed E-state index contributed by atoms with van der Waals surface area (Å²) in [5, 5.41) is 4.43. The molecule has 1 aliphatic rings. The van der Waals surface area contributed by atoms with E-state index >= 15 is 0 Å². The van der Waals surface area contributed by atoms with E-state index in [4.69, 9.17) is 0 Å². The fourth-order valence-corrected chi connectivity index (χ4v) is 4.49. The van der Waals surface area contributed by atoms with Crippen molar-refractivity contribution in [2.75, 3.05) is 0 Å². The van der Waals surface area contributed by atoms with E-state index < -0.39 is 13.6 Å². The van der Waals surface area contributed by atoms with Crippen LogP contribution in [0.15, 0.2) is 133 Å². The molecule has 0 spiro atoms. The molecule has 2 N–H and O–H groups in total. The first-order valence-corrected chi connectivity index (χ1v) is 15.3. The van der Waals surface area contributed by atoms with Gasteiger partial charge in [0.15, 0.2) is 0 Å². The Morgan fingerprint density at radius 1 is 0.659 bits per heavy atom. The number of pyridine rings is 5. The van der Waals surface area contributed by atoms with Crippen molar-refractivity contribution < 1.29 is 33.8 Å². The fraction of sp³-hybridized carbons (Fsp3) is 0.121. The van der Waals surface area contributed by atoms with E-state index in [0.717, 1.165) is 22.8 Å². The largest absolute Gasteiger partial charge is 1.00 e. The van der Waals surface area contributed by atoms with E-state index in [-0.39, 0.29) is 24.8 Å². The maximum absolute atomic E-state index is 11.6. The Kier molecular flexibility index (Phi) is 13.4. The zero-order valence-electron chi connectivity index (χ0n) is 24.2. The van der Waals surface area contributed by atoms with Crippen molar-refractivity contribution in [2.45, 2.75) is 26.3 Å². The molecule has 0 saturated heterocycles. The summed E-state index contributed by atoms with van der Waals surface area (Å²) in [5.41, 5.74) is 5.07. The predicted octanol–water partition coefficient (Wildman–Crippen LogP) is 7.63. The molecule has 9 nitrogen and oxygen atoms in total. The van der Waals surface area contributed by atoms with Crippen LogP contribution in [0, 0.1) is 0 Å². The molecule has 0 aliphatic carbocycles. The average Bonchev–Trinajstić information content (AvgIpc) is 3.06. The number of hydrogen-bond donors (Lipinski definition) is 2. The Morgan fingerprint density at radius 2 is 1.11 bits per heavy atom. The normalized spacial score (nSPS) is 13.7. The van der Waals surface area contributed by atoms with Crippen molar-refractivity contribution >= 4 is 13.3 Å². The van der Waals surface area contributed by atoms with Crippen molar-refractivity contribution in [1.29, 1.82) is 0 Å². The Labute approximate surface area is 270 Å². The third-order valence-corrected chi connectivity index (χ3v) is 6.70. The summed E-state index contributed by atoms with van der Waals surface area (Å²) in [6, 6.07) is 27.6. The van der Waals surface area contributed by atoms with Crippen molar-refractivity contribution in [1.82, 2.24) is 24.9 Å². The molecule has 1 unspecified atom stereocenters. The van der Waals surface area contributed by atoms with Crippen LogP contribution in [0.5, 0.6) is 0 Å². The smallest absolute Gasteiger partial charge is 0.672 e. The molecule has 5 aromatic heterocycles. The fourth-order valence-electron chi connectivity index (χ4n) is 3.86. The van der Waals surface area contributed by atoms with Gasteiger partial charge in [0.2, 0.25) is 0 Å². The minimum absolute atomic E-state index is 0. The summed E-state index contributed by atoms with van der Waals surface area (Å²) >= 11 is 0. The second-order valence-corrected chi connectivity index (χ2v) is 10.9. The van der Waals surface area contributed by atoms with Gasteiger partial charge in [-0.1, -0.05) is 68.8 Å². The van der Waals surface area contributed by atoms with Crippen molar-refractivity contribution in [3.8, 4) is 22.8 Å². The molecule has 6 heterocycles. The second-order valence-electron chi connectivity index (χ2n) is 9.25. The Hall–Kier alpha value is -4.20. The van der Waals surface area contributed by atoms with Gasteiger partial charge in [0.1, 0.15) is 0 Å². The summed E-state index contributed by atoms with van der Waals surface area (Å²) in [5.74, 6) is 0. The predicted molar refractivity (Wildman–Crippen MR) is 169 cm³/mol. The molecule has 0 amide bonds. The maximum Gasteiger partial charge on any atom is 1.00 e. The van der Waals surface area contributed by atoms with E-state index in [1.54, 1.807) is 55.1 Å². The molecule has 1 atom stereocenters. The minimum Gasteiger partial charge on any atom is -0.672 e. The summed E-state index contributed by atoms with van der Waals surface area (Å²) < 4.78 is 11.6. The third-order valence-electron chi connectivity index (χ3n) is 5.75. The first-order chi connectivity index (χ1) is 20.9. The molecule has 0 aromatic carbocycles. The first-order valence-electron chi connectivity index (χ1n) is 13.7. The van der Waals surface area contributed by atoms with Crippen molar-refractivity contribution in [3.05, 3.63) is 150 Å². The van der Waals surface area contributed by atoms with Gasteiger partial charge in [-0.25, -0.2) is 4.98 Å². The van der Waals surface area contributed by atoms with E-state index in [2.05, 4.69) is 44.1 Å². The minimum atomic E-state index is -4.39.